The average molecular weight is 394 g/mol. The predicted molar refractivity (Wildman–Crippen MR) is 112 cm³/mol. The maximum atomic E-state index is 12.4. The molecule has 2 N–H and O–H groups in total. The highest BCUT2D eigenvalue weighted by molar-refractivity contribution is 7.80. The fourth-order valence-corrected chi connectivity index (χ4v) is 4.59. The lowest BCUT2D eigenvalue weighted by atomic mass is 9.81. The van der Waals surface area contributed by atoms with Crippen molar-refractivity contribution in [1.29, 1.82) is 0 Å². The van der Waals surface area contributed by atoms with E-state index in [1.54, 1.807) is 0 Å². The maximum Gasteiger partial charge on any atom is 0.225 e. The molecule has 26 heavy (non-hydrogen) atoms. The molecule has 3 atom stereocenters. The van der Waals surface area contributed by atoms with Crippen LogP contribution in [0.3, 0.4) is 0 Å². The van der Waals surface area contributed by atoms with Crippen LogP contribution in [0.15, 0.2) is 24.3 Å². The Morgan fingerprint density at radius 1 is 1.23 bits per heavy atom. The number of thiocarbonyl (C=S) groups is 1. The van der Waals surface area contributed by atoms with E-state index in [1.807, 2.05) is 45.0 Å². The third-order valence-electron chi connectivity index (χ3n) is 5.30. The van der Waals surface area contributed by atoms with Gasteiger partial charge in [-0.05, 0) is 62.5 Å². The minimum absolute atomic E-state index is 0.133. The fraction of sp³-hybridized carbons (Fsp3) is 0.600. The lowest BCUT2D eigenvalue weighted by molar-refractivity contribution is -0.129. The summed E-state index contributed by atoms with van der Waals surface area (Å²) in [5.41, 5.74) is 0.569. The first-order chi connectivity index (χ1) is 12.2. The summed E-state index contributed by atoms with van der Waals surface area (Å²) in [6.45, 7) is 5.88. The van der Waals surface area contributed by atoms with Gasteiger partial charge in [-0.1, -0.05) is 38.4 Å². The molecule has 0 radical (unpaired) electrons. The zero-order valence-corrected chi connectivity index (χ0v) is 17.3. The summed E-state index contributed by atoms with van der Waals surface area (Å²) in [6.07, 6.45) is 5.38. The Balaban J connectivity index is 1.67. The van der Waals surface area contributed by atoms with Crippen molar-refractivity contribution >= 4 is 40.5 Å². The topological polar surface area (TPSA) is 44.4 Å². The van der Waals surface area contributed by atoms with Gasteiger partial charge in [0, 0.05) is 34.3 Å². The van der Waals surface area contributed by atoms with E-state index in [0.29, 0.717) is 17.1 Å². The van der Waals surface area contributed by atoms with Gasteiger partial charge in [-0.2, -0.15) is 0 Å². The molecule has 142 valence electrons. The Morgan fingerprint density at radius 2 is 1.88 bits per heavy atom. The van der Waals surface area contributed by atoms with E-state index < -0.39 is 0 Å². The van der Waals surface area contributed by atoms with E-state index in [-0.39, 0.29) is 17.4 Å². The Hall–Kier alpha value is -1.33. The van der Waals surface area contributed by atoms with Crippen molar-refractivity contribution < 1.29 is 4.79 Å². The Bertz CT molecular complexity index is 674. The summed E-state index contributed by atoms with van der Waals surface area (Å²) in [4.78, 5) is 14.7. The first-order valence-corrected chi connectivity index (χ1v) is 10.2. The third-order valence-corrected chi connectivity index (χ3v) is 5.85. The number of carbonyl (C=O) groups excluding carboxylic acids is 1. The highest BCUT2D eigenvalue weighted by Gasteiger charge is 2.40. The smallest absolute Gasteiger partial charge is 0.225 e. The lowest BCUT2D eigenvalue weighted by Crippen LogP contribution is -2.60. The van der Waals surface area contributed by atoms with Crippen LogP contribution in [0.2, 0.25) is 5.02 Å². The molecular formula is C20H28ClN3OS. The molecule has 0 aliphatic carbocycles. The normalized spacial score (nSPS) is 25.5. The number of hydrogen-bond acceptors (Lipinski definition) is 2. The van der Waals surface area contributed by atoms with Gasteiger partial charge in [0.15, 0.2) is 5.11 Å². The summed E-state index contributed by atoms with van der Waals surface area (Å²) in [5, 5.41) is 8.07. The molecule has 1 amide bonds. The van der Waals surface area contributed by atoms with Crippen LogP contribution in [0.25, 0.3) is 0 Å². The average Bonchev–Trinajstić information content (AvgIpc) is 2.53. The molecule has 0 aromatic heterocycles. The SMILES string of the molecule is CC(C)(C)C(=O)NC1C[C@H]2CCC[C@@H](C1)N2C(=S)Nc1cccc(Cl)c1. The number of anilines is 1. The molecule has 2 bridgehead atoms. The van der Waals surface area contributed by atoms with Gasteiger partial charge in [0.05, 0.1) is 0 Å². The van der Waals surface area contributed by atoms with E-state index >= 15 is 0 Å². The van der Waals surface area contributed by atoms with E-state index in [2.05, 4.69) is 15.5 Å². The quantitative estimate of drug-likeness (QED) is 0.721. The number of benzene rings is 1. The zero-order chi connectivity index (χ0) is 18.9. The number of amides is 1. The fourth-order valence-electron chi connectivity index (χ4n) is 3.99. The van der Waals surface area contributed by atoms with Crippen molar-refractivity contribution in [2.45, 2.75) is 71.0 Å². The number of fused-ring (bicyclic) bond motifs is 2. The highest BCUT2D eigenvalue weighted by Crippen LogP contribution is 2.35. The summed E-state index contributed by atoms with van der Waals surface area (Å²) < 4.78 is 0. The van der Waals surface area contributed by atoms with Crippen LogP contribution in [-0.4, -0.2) is 34.0 Å². The Morgan fingerprint density at radius 3 is 2.46 bits per heavy atom. The predicted octanol–water partition coefficient (Wildman–Crippen LogP) is 4.58. The first-order valence-electron chi connectivity index (χ1n) is 9.40. The number of nitrogens with one attached hydrogen (secondary N) is 2. The van der Waals surface area contributed by atoms with Gasteiger partial charge >= 0.3 is 0 Å². The monoisotopic (exact) mass is 393 g/mol. The van der Waals surface area contributed by atoms with Crippen molar-refractivity contribution in [2.24, 2.45) is 5.41 Å². The number of carbonyl (C=O) groups is 1. The van der Waals surface area contributed by atoms with Crippen LogP contribution >= 0.6 is 23.8 Å². The molecule has 3 rings (SSSR count). The molecule has 1 unspecified atom stereocenters. The standard InChI is InChI=1S/C20H28ClN3OS/c1-20(2,3)18(25)22-15-11-16-8-5-9-17(12-15)24(16)19(26)23-14-7-4-6-13(21)10-14/h4,6-7,10,15-17H,5,8-9,11-12H2,1-3H3,(H,22,25)(H,23,26)/t15?,16-,17+. The van der Waals surface area contributed by atoms with Crippen molar-refractivity contribution in [3.63, 3.8) is 0 Å². The van der Waals surface area contributed by atoms with E-state index in [0.717, 1.165) is 36.5 Å². The molecule has 4 nitrogen and oxygen atoms in total. The van der Waals surface area contributed by atoms with Crippen LogP contribution in [0.5, 0.6) is 0 Å². The number of nitrogens with zero attached hydrogens (tertiary/aromatic N) is 1. The Labute approximate surface area is 166 Å². The van der Waals surface area contributed by atoms with Gasteiger partial charge < -0.3 is 15.5 Å². The van der Waals surface area contributed by atoms with E-state index in [4.69, 9.17) is 23.8 Å². The molecule has 2 fully saturated rings. The third kappa shape index (κ3) is 4.49. The molecule has 2 saturated heterocycles. The molecular weight excluding hydrogens is 366 g/mol. The van der Waals surface area contributed by atoms with Crippen molar-refractivity contribution in [3.05, 3.63) is 29.3 Å². The molecule has 2 aliphatic rings. The van der Waals surface area contributed by atoms with Crippen LogP contribution in [-0.2, 0) is 4.79 Å². The first kappa shape index (κ1) is 19.4. The van der Waals surface area contributed by atoms with E-state index in [9.17, 15) is 4.79 Å². The van der Waals surface area contributed by atoms with Crippen molar-refractivity contribution in [1.82, 2.24) is 10.2 Å². The minimum atomic E-state index is -0.352. The Kier molecular flexibility index (Phi) is 5.78. The number of rotatable bonds is 2. The van der Waals surface area contributed by atoms with Crippen molar-refractivity contribution in [2.75, 3.05) is 5.32 Å². The van der Waals surface area contributed by atoms with Gasteiger partial charge in [0.1, 0.15) is 0 Å². The number of hydrogen-bond donors (Lipinski definition) is 2. The van der Waals surface area contributed by atoms with E-state index in [1.165, 1.54) is 6.42 Å². The second-order valence-corrected chi connectivity index (χ2v) is 9.30. The highest BCUT2D eigenvalue weighted by atomic mass is 35.5. The molecule has 0 saturated carbocycles. The molecule has 0 spiro atoms. The molecule has 2 heterocycles. The van der Waals surface area contributed by atoms with Crippen LogP contribution < -0.4 is 10.6 Å². The summed E-state index contributed by atoms with van der Waals surface area (Å²) >= 11 is 11.8. The summed E-state index contributed by atoms with van der Waals surface area (Å²) in [6, 6.07) is 8.64. The van der Waals surface area contributed by atoms with Gasteiger partial charge in [-0.3, -0.25) is 4.79 Å². The van der Waals surface area contributed by atoms with Crippen LogP contribution in [0.1, 0.15) is 52.9 Å². The second kappa shape index (κ2) is 7.73. The van der Waals surface area contributed by atoms with Gasteiger partial charge in [0.25, 0.3) is 0 Å². The van der Waals surface area contributed by atoms with Crippen molar-refractivity contribution in [3.8, 4) is 0 Å². The zero-order valence-electron chi connectivity index (χ0n) is 15.7. The number of halogens is 1. The molecule has 6 heteroatoms. The summed E-state index contributed by atoms with van der Waals surface area (Å²) in [5.74, 6) is 0.133. The molecule has 1 aromatic carbocycles. The second-order valence-electron chi connectivity index (χ2n) is 8.48. The van der Waals surface area contributed by atoms with Crippen LogP contribution in [0, 0.1) is 5.41 Å². The maximum absolute atomic E-state index is 12.4. The van der Waals surface area contributed by atoms with Crippen LogP contribution in [0.4, 0.5) is 5.69 Å². The van der Waals surface area contributed by atoms with Gasteiger partial charge in [0.2, 0.25) is 5.91 Å². The molecule has 1 aromatic rings. The molecule has 2 aliphatic heterocycles. The van der Waals surface area contributed by atoms with Gasteiger partial charge in [-0.25, -0.2) is 0 Å². The summed E-state index contributed by atoms with van der Waals surface area (Å²) in [7, 11) is 0. The minimum Gasteiger partial charge on any atom is -0.353 e. The number of piperidine rings is 2. The lowest BCUT2D eigenvalue weighted by Gasteiger charge is -2.50. The largest absolute Gasteiger partial charge is 0.353 e. The van der Waals surface area contributed by atoms with Gasteiger partial charge in [-0.15, -0.1) is 0 Å².